The first-order valence-electron chi connectivity index (χ1n) is 8.05. The van der Waals surface area contributed by atoms with Crippen molar-refractivity contribution in [2.75, 3.05) is 0 Å². The summed E-state index contributed by atoms with van der Waals surface area (Å²) in [6.07, 6.45) is 2.02. The van der Waals surface area contributed by atoms with Crippen LogP contribution < -0.4 is 5.32 Å². The van der Waals surface area contributed by atoms with Crippen molar-refractivity contribution in [2.45, 2.75) is 45.6 Å². The standard InChI is InChI=1S/C19H23NO4/c1-4-15-14(18(22)23)12-16(24-15)17(21)20-19(2,3)11-10-13-8-6-5-7-9-13/h5-9,12H,4,10-11H2,1-3H3,(H,20,21)(H,22,23). The zero-order valence-corrected chi connectivity index (χ0v) is 14.3. The van der Waals surface area contributed by atoms with E-state index in [1.807, 2.05) is 32.0 Å². The minimum atomic E-state index is -1.09. The molecule has 2 aromatic rings. The molecule has 0 fully saturated rings. The SMILES string of the molecule is CCc1oc(C(=O)NC(C)(C)CCc2ccccc2)cc1C(=O)O. The molecule has 0 unspecified atom stereocenters. The molecule has 0 atom stereocenters. The smallest absolute Gasteiger partial charge is 0.339 e. The first kappa shape index (κ1) is 17.8. The van der Waals surface area contributed by atoms with Crippen LogP contribution in [0.15, 0.2) is 40.8 Å². The van der Waals surface area contributed by atoms with Gasteiger partial charge in [0, 0.05) is 18.0 Å². The fraction of sp³-hybridized carbons (Fsp3) is 0.368. The maximum absolute atomic E-state index is 12.4. The fourth-order valence-electron chi connectivity index (χ4n) is 2.52. The lowest BCUT2D eigenvalue weighted by molar-refractivity contribution is 0.0694. The van der Waals surface area contributed by atoms with Crippen LogP contribution in [0.4, 0.5) is 0 Å². The van der Waals surface area contributed by atoms with Gasteiger partial charge in [-0.05, 0) is 32.3 Å². The predicted molar refractivity (Wildman–Crippen MR) is 91.4 cm³/mol. The number of aryl methyl sites for hydroxylation is 2. The molecule has 0 spiro atoms. The number of rotatable bonds is 7. The Morgan fingerprint density at radius 1 is 1.21 bits per heavy atom. The normalized spacial score (nSPS) is 11.3. The number of hydrogen-bond donors (Lipinski definition) is 2. The molecule has 1 amide bonds. The average Bonchev–Trinajstić information content (AvgIpc) is 2.98. The average molecular weight is 329 g/mol. The lowest BCUT2D eigenvalue weighted by atomic mass is 9.95. The van der Waals surface area contributed by atoms with Gasteiger partial charge in [0.1, 0.15) is 11.3 Å². The quantitative estimate of drug-likeness (QED) is 0.812. The van der Waals surface area contributed by atoms with E-state index in [2.05, 4.69) is 17.4 Å². The molecule has 1 aromatic heterocycles. The predicted octanol–water partition coefficient (Wildman–Crippen LogP) is 3.68. The van der Waals surface area contributed by atoms with E-state index in [0.29, 0.717) is 12.2 Å². The molecule has 0 aliphatic heterocycles. The van der Waals surface area contributed by atoms with Crippen molar-refractivity contribution in [3.8, 4) is 0 Å². The van der Waals surface area contributed by atoms with E-state index in [-0.39, 0.29) is 11.3 Å². The minimum Gasteiger partial charge on any atom is -0.478 e. The Kier molecular flexibility index (Phi) is 5.44. The lowest BCUT2D eigenvalue weighted by Gasteiger charge is -2.25. The van der Waals surface area contributed by atoms with Crippen LogP contribution in [0.2, 0.25) is 0 Å². The molecule has 128 valence electrons. The monoisotopic (exact) mass is 329 g/mol. The summed E-state index contributed by atoms with van der Waals surface area (Å²) >= 11 is 0. The lowest BCUT2D eigenvalue weighted by Crippen LogP contribution is -2.43. The van der Waals surface area contributed by atoms with Crippen LogP contribution in [0.3, 0.4) is 0 Å². The molecule has 0 bridgehead atoms. The van der Waals surface area contributed by atoms with Crippen molar-refractivity contribution < 1.29 is 19.1 Å². The van der Waals surface area contributed by atoms with E-state index in [1.165, 1.54) is 11.6 Å². The van der Waals surface area contributed by atoms with Gasteiger partial charge in [-0.1, -0.05) is 37.3 Å². The van der Waals surface area contributed by atoms with E-state index in [4.69, 9.17) is 9.52 Å². The molecule has 0 aliphatic rings. The molecule has 2 rings (SSSR count). The number of nitrogens with one attached hydrogen (secondary N) is 1. The molecule has 2 N–H and O–H groups in total. The van der Waals surface area contributed by atoms with E-state index < -0.39 is 17.4 Å². The van der Waals surface area contributed by atoms with Gasteiger partial charge in [-0.25, -0.2) is 4.79 Å². The molecule has 5 nitrogen and oxygen atoms in total. The highest BCUT2D eigenvalue weighted by atomic mass is 16.4. The number of carboxylic acids is 1. The van der Waals surface area contributed by atoms with Gasteiger partial charge in [-0.15, -0.1) is 0 Å². The van der Waals surface area contributed by atoms with Crippen molar-refractivity contribution in [1.29, 1.82) is 0 Å². The Hall–Kier alpha value is -2.56. The highest BCUT2D eigenvalue weighted by Gasteiger charge is 2.25. The molecule has 1 heterocycles. The summed E-state index contributed by atoms with van der Waals surface area (Å²) in [5.41, 5.74) is 0.819. The number of aromatic carboxylic acids is 1. The van der Waals surface area contributed by atoms with Crippen molar-refractivity contribution in [3.63, 3.8) is 0 Å². The molecular weight excluding hydrogens is 306 g/mol. The molecule has 1 aromatic carbocycles. The summed E-state index contributed by atoms with van der Waals surface area (Å²) in [6.45, 7) is 5.67. The Morgan fingerprint density at radius 3 is 2.42 bits per heavy atom. The molecule has 0 saturated heterocycles. The summed E-state index contributed by atoms with van der Waals surface area (Å²) in [7, 11) is 0. The van der Waals surface area contributed by atoms with E-state index in [0.717, 1.165) is 12.8 Å². The highest BCUT2D eigenvalue weighted by molar-refractivity contribution is 5.96. The van der Waals surface area contributed by atoms with Crippen LogP contribution in [-0.2, 0) is 12.8 Å². The number of amides is 1. The third kappa shape index (κ3) is 4.47. The zero-order chi connectivity index (χ0) is 17.7. The van der Waals surface area contributed by atoms with Crippen LogP contribution in [0, 0.1) is 0 Å². The van der Waals surface area contributed by atoms with Gasteiger partial charge in [0.05, 0.1) is 0 Å². The number of benzene rings is 1. The number of carbonyl (C=O) groups excluding carboxylic acids is 1. The maximum atomic E-state index is 12.4. The fourth-order valence-corrected chi connectivity index (χ4v) is 2.52. The third-order valence-electron chi connectivity index (χ3n) is 3.92. The second kappa shape index (κ2) is 7.34. The summed E-state index contributed by atoms with van der Waals surface area (Å²) in [5, 5.41) is 12.1. The summed E-state index contributed by atoms with van der Waals surface area (Å²) < 4.78 is 5.40. The Bertz CT molecular complexity index is 716. The van der Waals surface area contributed by atoms with Gasteiger partial charge in [0.25, 0.3) is 5.91 Å². The highest BCUT2D eigenvalue weighted by Crippen LogP contribution is 2.19. The van der Waals surface area contributed by atoms with Crippen LogP contribution in [-0.4, -0.2) is 22.5 Å². The molecule has 24 heavy (non-hydrogen) atoms. The van der Waals surface area contributed by atoms with Crippen molar-refractivity contribution >= 4 is 11.9 Å². The Balaban J connectivity index is 2.03. The molecular formula is C19H23NO4. The minimum absolute atomic E-state index is 0.0389. The summed E-state index contributed by atoms with van der Waals surface area (Å²) in [6, 6.07) is 11.4. The Labute approximate surface area is 141 Å². The Morgan fingerprint density at radius 2 is 1.88 bits per heavy atom. The molecule has 0 radical (unpaired) electrons. The van der Waals surface area contributed by atoms with Gasteiger partial charge in [-0.3, -0.25) is 4.79 Å². The van der Waals surface area contributed by atoms with Gasteiger partial charge < -0.3 is 14.8 Å². The third-order valence-corrected chi connectivity index (χ3v) is 3.92. The first-order chi connectivity index (χ1) is 11.3. The maximum Gasteiger partial charge on any atom is 0.339 e. The number of carboxylic acid groups (broad SMARTS) is 1. The largest absolute Gasteiger partial charge is 0.478 e. The van der Waals surface area contributed by atoms with Gasteiger partial charge in [0.2, 0.25) is 0 Å². The van der Waals surface area contributed by atoms with E-state index in [9.17, 15) is 9.59 Å². The van der Waals surface area contributed by atoms with Crippen molar-refractivity contribution in [1.82, 2.24) is 5.32 Å². The molecule has 0 aliphatic carbocycles. The van der Waals surface area contributed by atoms with Gasteiger partial charge >= 0.3 is 5.97 Å². The molecule has 0 saturated carbocycles. The van der Waals surface area contributed by atoms with Crippen LogP contribution in [0.1, 0.15) is 59.4 Å². The zero-order valence-electron chi connectivity index (χ0n) is 14.3. The van der Waals surface area contributed by atoms with Crippen molar-refractivity contribution in [2.24, 2.45) is 0 Å². The van der Waals surface area contributed by atoms with Gasteiger partial charge in [-0.2, -0.15) is 0 Å². The topological polar surface area (TPSA) is 79.5 Å². The second-order valence-corrected chi connectivity index (χ2v) is 6.43. The summed E-state index contributed by atoms with van der Waals surface area (Å²) in [4.78, 5) is 23.5. The number of furan rings is 1. The first-order valence-corrected chi connectivity index (χ1v) is 8.05. The van der Waals surface area contributed by atoms with Crippen molar-refractivity contribution in [3.05, 3.63) is 59.0 Å². The van der Waals surface area contributed by atoms with Crippen LogP contribution in [0.5, 0.6) is 0 Å². The van der Waals surface area contributed by atoms with E-state index in [1.54, 1.807) is 6.92 Å². The van der Waals surface area contributed by atoms with E-state index >= 15 is 0 Å². The van der Waals surface area contributed by atoms with Gasteiger partial charge in [0.15, 0.2) is 5.76 Å². The number of hydrogen-bond acceptors (Lipinski definition) is 3. The van der Waals surface area contributed by atoms with Crippen LogP contribution >= 0.6 is 0 Å². The second-order valence-electron chi connectivity index (χ2n) is 6.43. The molecule has 5 heteroatoms. The van der Waals surface area contributed by atoms with Crippen LogP contribution in [0.25, 0.3) is 0 Å². The number of carbonyl (C=O) groups is 2. The summed E-state index contributed by atoms with van der Waals surface area (Å²) in [5.74, 6) is -1.12.